The van der Waals surface area contributed by atoms with Crippen LogP contribution in [0.1, 0.15) is 46.0 Å². The first-order chi connectivity index (χ1) is 8.63. The fourth-order valence-corrected chi connectivity index (χ4v) is 3.09. The Balaban J connectivity index is 2.20. The Labute approximate surface area is 110 Å². The van der Waals surface area contributed by atoms with Crippen molar-refractivity contribution in [2.24, 2.45) is 4.99 Å². The van der Waals surface area contributed by atoms with Gasteiger partial charge in [-0.05, 0) is 39.8 Å². The predicted octanol–water partition coefficient (Wildman–Crippen LogP) is 1.90. The molecule has 2 heterocycles. The van der Waals surface area contributed by atoms with E-state index < -0.39 is 5.54 Å². The fraction of sp³-hybridized carbons (Fsp3) is 0.857. The lowest BCUT2D eigenvalue weighted by molar-refractivity contribution is -0.132. The van der Waals surface area contributed by atoms with Crippen molar-refractivity contribution < 1.29 is 4.79 Å². The molecule has 0 aromatic carbocycles. The molecule has 0 aliphatic carbocycles. The van der Waals surface area contributed by atoms with Gasteiger partial charge in [0, 0.05) is 19.5 Å². The molecule has 4 nitrogen and oxygen atoms in total. The summed E-state index contributed by atoms with van der Waals surface area (Å²) in [5.74, 6) is 1.27. The Morgan fingerprint density at radius 1 is 1.39 bits per heavy atom. The van der Waals surface area contributed by atoms with Gasteiger partial charge in [-0.2, -0.15) is 0 Å². The van der Waals surface area contributed by atoms with Crippen molar-refractivity contribution in [2.75, 3.05) is 26.7 Å². The highest BCUT2D eigenvalue weighted by Gasteiger charge is 2.48. The molecule has 1 atom stereocenters. The summed E-state index contributed by atoms with van der Waals surface area (Å²) in [6.07, 6.45) is 5.21. The smallest absolute Gasteiger partial charge is 0.257 e. The van der Waals surface area contributed by atoms with Crippen LogP contribution >= 0.6 is 0 Å². The number of nitrogens with zero attached hydrogens (tertiary/aromatic N) is 3. The van der Waals surface area contributed by atoms with Crippen LogP contribution in [0, 0.1) is 0 Å². The van der Waals surface area contributed by atoms with Gasteiger partial charge in [-0.3, -0.25) is 14.7 Å². The zero-order chi connectivity index (χ0) is 13.2. The number of hydrogen-bond acceptors (Lipinski definition) is 3. The second-order valence-electron chi connectivity index (χ2n) is 5.55. The van der Waals surface area contributed by atoms with E-state index in [9.17, 15) is 4.79 Å². The van der Waals surface area contributed by atoms with Gasteiger partial charge < -0.3 is 4.90 Å². The Morgan fingerprint density at radius 2 is 2.17 bits per heavy atom. The van der Waals surface area contributed by atoms with Gasteiger partial charge in [-0.15, -0.1) is 0 Å². The molecule has 1 unspecified atom stereocenters. The van der Waals surface area contributed by atoms with Gasteiger partial charge in [0.15, 0.2) is 5.54 Å². The van der Waals surface area contributed by atoms with Crippen molar-refractivity contribution in [3.8, 4) is 0 Å². The van der Waals surface area contributed by atoms with Gasteiger partial charge in [0.25, 0.3) is 5.91 Å². The first kappa shape index (κ1) is 13.5. The van der Waals surface area contributed by atoms with E-state index in [0.29, 0.717) is 0 Å². The number of unbranched alkanes of at least 4 members (excludes halogenated alkanes) is 1. The molecular weight excluding hydrogens is 226 g/mol. The Morgan fingerprint density at radius 3 is 2.78 bits per heavy atom. The van der Waals surface area contributed by atoms with Crippen molar-refractivity contribution in [1.82, 2.24) is 9.80 Å². The minimum atomic E-state index is -0.452. The second kappa shape index (κ2) is 5.39. The zero-order valence-corrected chi connectivity index (χ0v) is 11.9. The molecule has 0 saturated carbocycles. The average Bonchev–Trinajstić information content (AvgIpc) is 2.59. The normalized spacial score (nSPS) is 29.2. The molecule has 1 saturated heterocycles. The Kier molecular flexibility index (Phi) is 4.05. The lowest BCUT2D eigenvalue weighted by Crippen LogP contribution is -2.52. The van der Waals surface area contributed by atoms with Gasteiger partial charge >= 0.3 is 0 Å². The summed E-state index contributed by atoms with van der Waals surface area (Å²) < 4.78 is 0. The fourth-order valence-electron chi connectivity index (χ4n) is 3.09. The summed E-state index contributed by atoms with van der Waals surface area (Å²) in [5, 5.41) is 0. The number of likely N-dealkylation sites (tertiary alicyclic amines) is 1. The van der Waals surface area contributed by atoms with E-state index in [1.54, 1.807) is 0 Å². The maximum absolute atomic E-state index is 12.6. The molecule has 0 radical (unpaired) electrons. The molecule has 2 aliphatic rings. The second-order valence-corrected chi connectivity index (χ2v) is 5.55. The monoisotopic (exact) mass is 251 g/mol. The number of rotatable bonds is 4. The van der Waals surface area contributed by atoms with Crippen LogP contribution < -0.4 is 0 Å². The highest BCUT2D eigenvalue weighted by atomic mass is 16.2. The van der Waals surface area contributed by atoms with Crippen LogP contribution in [0.5, 0.6) is 0 Å². The minimum Gasteiger partial charge on any atom is -0.303 e. The third-order valence-corrected chi connectivity index (χ3v) is 4.03. The number of likely N-dealkylation sites (N-methyl/N-ethyl adjacent to an activating group) is 2. The van der Waals surface area contributed by atoms with Crippen LogP contribution in [0.15, 0.2) is 4.99 Å². The molecule has 18 heavy (non-hydrogen) atoms. The van der Waals surface area contributed by atoms with Gasteiger partial charge in [0.1, 0.15) is 5.84 Å². The highest BCUT2D eigenvalue weighted by molar-refractivity contribution is 6.08. The van der Waals surface area contributed by atoms with Gasteiger partial charge in [0.05, 0.1) is 0 Å². The summed E-state index contributed by atoms with van der Waals surface area (Å²) >= 11 is 0. The maximum atomic E-state index is 12.6. The van der Waals surface area contributed by atoms with Crippen molar-refractivity contribution >= 4 is 11.7 Å². The van der Waals surface area contributed by atoms with E-state index in [1.807, 2.05) is 11.8 Å². The molecule has 102 valence electrons. The lowest BCUT2D eigenvalue weighted by Gasteiger charge is -2.35. The molecule has 1 amide bonds. The average molecular weight is 251 g/mol. The van der Waals surface area contributed by atoms with E-state index in [4.69, 9.17) is 4.99 Å². The topological polar surface area (TPSA) is 35.9 Å². The number of hydrogen-bond donors (Lipinski definition) is 0. The molecule has 2 rings (SSSR count). The van der Waals surface area contributed by atoms with E-state index in [1.165, 1.54) is 0 Å². The Bertz CT molecular complexity index is 353. The van der Waals surface area contributed by atoms with Crippen LogP contribution in [-0.2, 0) is 4.79 Å². The Hall–Kier alpha value is -0.900. The summed E-state index contributed by atoms with van der Waals surface area (Å²) in [5.41, 5.74) is -0.452. The number of piperidine rings is 1. The van der Waals surface area contributed by atoms with Crippen LogP contribution in [-0.4, -0.2) is 53.8 Å². The number of carbonyl (C=O) groups is 1. The van der Waals surface area contributed by atoms with Crippen molar-refractivity contribution in [3.05, 3.63) is 0 Å². The molecule has 4 heteroatoms. The number of aliphatic imine (C=N–C) groups is 1. The molecule has 0 aromatic rings. The molecule has 0 bridgehead atoms. The first-order valence-corrected chi connectivity index (χ1v) is 7.22. The molecule has 0 N–H and O–H groups in total. The van der Waals surface area contributed by atoms with Crippen LogP contribution in [0.4, 0.5) is 0 Å². The third kappa shape index (κ3) is 2.30. The van der Waals surface area contributed by atoms with E-state index in [-0.39, 0.29) is 5.91 Å². The standard InChI is InChI=1S/C14H25N3O/c1-4-6-8-12-15-14(13(18)17(12)5-2)9-7-10-16(3)11-14/h4-11H2,1-3H3. The van der Waals surface area contributed by atoms with E-state index >= 15 is 0 Å². The van der Waals surface area contributed by atoms with E-state index in [2.05, 4.69) is 18.9 Å². The quantitative estimate of drug-likeness (QED) is 0.765. The first-order valence-electron chi connectivity index (χ1n) is 7.22. The van der Waals surface area contributed by atoms with E-state index in [0.717, 1.165) is 57.6 Å². The third-order valence-electron chi connectivity index (χ3n) is 4.03. The minimum absolute atomic E-state index is 0.239. The van der Waals surface area contributed by atoms with Crippen molar-refractivity contribution in [3.63, 3.8) is 0 Å². The SMILES string of the molecule is CCCCC1=NC2(CCCN(C)C2)C(=O)N1CC. The summed E-state index contributed by atoms with van der Waals surface area (Å²) in [7, 11) is 2.09. The van der Waals surface area contributed by atoms with Gasteiger partial charge in [0.2, 0.25) is 0 Å². The predicted molar refractivity (Wildman–Crippen MR) is 73.8 cm³/mol. The van der Waals surface area contributed by atoms with Crippen LogP contribution in [0.2, 0.25) is 0 Å². The van der Waals surface area contributed by atoms with Gasteiger partial charge in [-0.25, -0.2) is 0 Å². The summed E-state index contributed by atoms with van der Waals surface area (Å²) in [6, 6.07) is 0. The molecule has 1 spiro atoms. The van der Waals surface area contributed by atoms with Crippen LogP contribution in [0.3, 0.4) is 0 Å². The summed E-state index contributed by atoms with van der Waals surface area (Å²) in [4.78, 5) is 21.6. The molecule has 1 fully saturated rings. The summed E-state index contributed by atoms with van der Waals surface area (Å²) in [6.45, 7) is 6.86. The van der Waals surface area contributed by atoms with Crippen LogP contribution in [0.25, 0.3) is 0 Å². The molecule has 0 aromatic heterocycles. The number of amides is 1. The van der Waals surface area contributed by atoms with Crippen molar-refractivity contribution in [2.45, 2.75) is 51.5 Å². The van der Waals surface area contributed by atoms with Crippen molar-refractivity contribution in [1.29, 1.82) is 0 Å². The zero-order valence-electron chi connectivity index (χ0n) is 11.9. The number of amidine groups is 1. The lowest BCUT2D eigenvalue weighted by atomic mass is 9.89. The molecular formula is C14H25N3O. The number of carbonyl (C=O) groups excluding carboxylic acids is 1. The molecule has 2 aliphatic heterocycles. The maximum Gasteiger partial charge on any atom is 0.257 e. The largest absolute Gasteiger partial charge is 0.303 e. The highest BCUT2D eigenvalue weighted by Crippen LogP contribution is 2.32. The van der Waals surface area contributed by atoms with Gasteiger partial charge in [-0.1, -0.05) is 13.3 Å².